The predicted octanol–water partition coefficient (Wildman–Crippen LogP) is 3.27. The van der Waals surface area contributed by atoms with Gasteiger partial charge in [-0.05, 0) is 19.4 Å². The van der Waals surface area contributed by atoms with E-state index in [0.29, 0.717) is 5.56 Å². The molecule has 0 amide bonds. The van der Waals surface area contributed by atoms with Gasteiger partial charge in [0.15, 0.2) is 5.66 Å². The Kier molecular flexibility index (Phi) is 6.15. The number of benzene rings is 1. The van der Waals surface area contributed by atoms with Gasteiger partial charge < -0.3 is 9.05 Å². The second-order valence-corrected chi connectivity index (χ2v) is 6.04. The van der Waals surface area contributed by atoms with Crippen molar-refractivity contribution in [2.24, 2.45) is 0 Å². The average Bonchev–Trinajstić information content (AvgIpc) is 2.37. The van der Waals surface area contributed by atoms with Crippen LogP contribution in [-0.2, 0) is 13.6 Å². The highest BCUT2D eigenvalue weighted by Crippen LogP contribution is 2.60. The molecule has 19 heavy (non-hydrogen) atoms. The molecule has 0 heterocycles. The van der Waals surface area contributed by atoms with E-state index in [1.807, 2.05) is 0 Å². The quantitative estimate of drug-likeness (QED) is 0.416. The Labute approximate surface area is 112 Å². The van der Waals surface area contributed by atoms with Crippen LogP contribution in [0.15, 0.2) is 30.3 Å². The predicted molar refractivity (Wildman–Crippen MR) is 71.9 cm³/mol. The van der Waals surface area contributed by atoms with E-state index in [9.17, 15) is 14.7 Å². The van der Waals surface area contributed by atoms with E-state index in [-0.39, 0.29) is 13.2 Å². The zero-order valence-electron chi connectivity index (χ0n) is 11.0. The molecular formula is C12H18NO5P. The molecular weight excluding hydrogens is 269 g/mol. The SMILES string of the molecule is CCOP(=O)(OCC)[C@H](C[N+](=O)[O-])c1ccccc1. The van der Waals surface area contributed by atoms with Crippen molar-refractivity contribution in [1.82, 2.24) is 0 Å². The first-order valence-corrected chi connectivity index (χ1v) is 7.70. The summed E-state index contributed by atoms with van der Waals surface area (Å²) >= 11 is 0. The van der Waals surface area contributed by atoms with Gasteiger partial charge in [0.2, 0.25) is 6.54 Å². The van der Waals surface area contributed by atoms with E-state index in [0.717, 1.165) is 0 Å². The van der Waals surface area contributed by atoms with Gasteiger partial charge in [-0.15, -0.1) is 0 Å². The Morgan fingerprint density at radius 1 is 1.21 bits per heavy atom. The molecule has 0 saturated carbocycles. The van der Waals surface area contributed by atoms with E-state index < -0.39 is 24.7 Å². The Balaban J connectivity index is 3.14. The molecule has 0 bridgehead atoms. The lowest BCUT2D eigenvalue weighted by molar-refractivity contribution is -0.480. The van der Waals surface area contributed by atoms with Crippen LogP contribution in [0.1, 0.15) is 25.1 Å². The van der Waals surface area contributed by atoms with Crippen LogP contribution < -0.4 is 0 Å². The van der Waals surface area contributed by atoms with Gasteiger partial charge in [-0.2, -0.15) is 0 Å². The Morgan fingerprint density at radius 3 is 2.16 bits per heavy atom. The van der Waals surface area contributed by atoms with Gasteiger partial charge in [-0.25, -0.2) is 0 Å². The Bertz CT molecular complexity index is 441. The van der Waals surface area contributed by atoms with Gasteiger partial charge in [-0.1, -0.05) is 30.3 Å². The van der Waals surface area contributed by atoms with Crippen LogP contribution in [-0.4, -0.2) is 24.7 Å². The highest BCUT2D eigenvalue weighted by Gasteiger charge is 2.40. The van der Waals surface area contributed by atoms with Crippen molar-refractivity contribution >= 4 is 7.60 Å². The number of rotatable bonds is 8. The zero-order chi connectivity index (χ0) is 14.3. The summed E-state index contributed by atoms with van der Waals surface area (Å²) in [4.78, 5) is 10.3. The Hall–Kier alpha value is -1.23. The van der Waals surface area contributed by atoms with E-state index in [4.69, 9.17) is 9.05 Å². The van der Waals surface area contributed by atoms with Gasteiger partial charge in [-0.3, -0.25) is 14.7 Å². The lowest BCUT2D eigenvalue weighted by Crippen LogP contribution is -2.16. The molecule has 106 valence electrons. The highest BCUT2D eigenvalue weighted by molar-refractivity contribution is 7.54. The fraction of sp³-hybridized carbons (Fsp3) is 0.500. The molecule has 1 aromatic carbocycles. The second-order valence-electron chi connectivity index (χ2n) is 3.82. The molecule has 0 unspecified atom stereocenters. The van der Waals surface area contributed by atoms with Crippen molar-refractivity contribution in [3.8, 4) is 0 Å². The van der Waals surface area contributed by atoms with E-state index in [2.05, 4.69) is 0 Å². The summed E-state index contributed by atoms with van der Waals surface area (Å²) in [6.45, 7) is 3.23. The number of hydrogen-bond donors (Lipinski definition) is 0. The van der Waals surface area contributed by atoms with Gasteiger partial charge in [0.1, 0.15) is 0 Å². The minimum atomic E-state index is -3.55. The molecule has 1 atom stereocenters. The van der Waals surface area contributed by atoms with E-state index in [1.165, 1.54) is 0 Å². The van der Waals surface area contributed by atoms with Crippen LogP contribution in [0, 0.1) is 10.1 Å². The van der Waals surface area contributed by atoms with E-state index >= 15 is 0 Å². The van der Waals surface area contributed by atoms with Crippen molar-refractivity contribution in [3.05, 3.63) is 46.0 Å². The molecule has 7 heteroatoms. The van der Waals surface area contributed by atoms with Gasteiger partial charge in [0, 0.05) is 4.92 Å². The van der Waals surface area contributed by atoms with Crippen molar-refractivity contribution in [1.29, 1.82) is 0 Å². The Morgan fingerprint density at radius 2 is 1.74 bits per heavy atom. The van der Waals surface area contributed by atoms with Crippen molar-refractivity contribution in [3.63, 3.8) is 0 Å². The molecule has 0 saturated heterocycles. The van der Waals surface area contributed by atoms with Crippen LogP contribution in [0.4, 0.5) is 0 Å². The summed E-state index contributed by atoms with van der Waals surface area (Å²) < 4.78 is 23.1. The van der Waals surface area contributed by atoms with Crippen LogP contribution in [0.3, 0.4) is 0 Å². The van der Waals surface area contributed by atoms with E-state index in [1.54, 1.807) is 44.2 Å². The lowest BCUT2D eigenvalue weighted by Gasteiger charge is -2.23. The van der Waals surface area contributed by atoms with Crippen LogP contribution >= 0.6 is 7.60 Å². The summed E-state index contributed by atoms with van der Waals surface area (Å²) in [6, 6.07) is 8.66. The molecule has 0 aromatic heterocycles. The number of nitro groups is 1. The maximum Gasteiger partial charge on any atom is 0.344 e. The molecule has 0 N–H and O–H groups in total. The van der Waals surface area contributed by atoms with Gasteiger partial charge in [0.05, 0.1) is 13.2 Å². The second kappa shape index (κ2) is 7.38. The van der Waals surface area contributed by atoms with Gasteiger partial charge >= 0.3 is 7.60 Å². The molecule has 0 aliphatic carbocycles. The van der Waals surface area contributed by atoms with Crippen LogP contribution in [0.5, 0.6) is 0 Å². The molecule has 0 spiro atoms. The smallest absolute Gasteiger partial charge is 0.308 e. The molecule has 1 rings (SSSR count). The number of nitrogens with zero attached hydrogens (tertiary/aromatic N) is 1. The van der Waals surface area contributed by atoms with Crippen molar-refractivity contribution < 1.29 is 18.5 Å². The zero-order valence-corrected chi connectivity index (χ0v) is 11.9. The third-order valence-corrected chi connectivity index (χ3v) is 4.97. The third kappa shape index (κ3) is 4.42. The molecule has 0 fully saturated rings. The summed E-state index contributed by atoms with van der Waals surface area (Å²) in [5.41, 5.74) is -0.298. The third-order valence-electron chi connectivity index (χ3n) is 2.51. The fourth-order valence-electron chi connectivity index (χ4n) is 1.78. The summed E-state index contributed by atoms with van der Waals surface area (Å²) in [5, 5.41) is 10.8. The topological polar surface area (TPSA) is 78.7 Å². The average molecular weight is 287 g/mol. The highest BCUT2D eigenvalue weighted by atomic mass is 31.2. The molecule has 0 aliphatic rings. The largest absolute Gasteiger partial charge is 0.344 e. The van der Waals surface area contributed by atoms with Crippen molar-refractivity contribution in [2.75, 3.05) is 19.8 Å². The first-order chi connectivity index (χ1) is 9.03. The monoisotopic (exact) mass is 287 g/mol. The van der Waals surface area contributed by atoms with Gasteiger partial charge in [0.25, 0.3) is 0 Å². The molecule has 0 radical (unpaired) electrons. The maximum absolute atomic E-state index is 12.7. The maximum atomic E-state index is 12.7. The van der Waals surface area contributed by atoms with Crippen LogP contribution in [0.2, 0.25) is 0 Å². The standard InChI is InChI=1S/C12H18NO5P/c1-3-17-19(16,18-4-2)12(10-13(14)15)11-8-6-5-7-9-11/h5-9,12H,3-4,10H2,1-2H3/t12-/m1/s1. The molecule has 1 aromatic rings. The minimum absolute atomic E-state index is 0.179. The number of hydrogen-bond acceptors (Lipinski definition) is 5. The fourth-order valence-corrected chi connectivity index (χ4v) is 3.81. The summed E-state index contributed by atoms with van der Waals surface area (Å²) in [6.07, 6.45) is 0. The summed E-state index contributed by atoms with van der Waals surface area (Å²) in [7, 11) is -3.55. The van der Waals surface area contributed by atoms with Crippen molar-refractivity contribution in [2.45, 2.75) is 19.5 Å². The summed E-state index contributed by atoms with van der Waals surface area (Å²) in [5.74, 6) is 0. The minimum Gasteiger partial charge on any atom is -0.308 e. The molecule has 6 nitrogen and oxygen atoms in total. The first-order valence-electron chi connectivity index (χ1n) is 6.09. The van der Waals surface area contributed by atoms with Crippen LogP contribution in [0.25, 0.3) is 0 Å². The lowest BCUT2D eigenvalue weighted by atomic mass is 10.1. The normalized spacial score (nSPS) is 13.2. The first kappa shape index (κ1) is 15.8. The molecule has 0 aliphatic heterocycles.